The van der Waals surface area contributed by atoms with Crippen LogP contribution in [-0.4, -0.2) is 47.2 Å². The number of nitrogens with zero attached hydrogens (tertiary/aromatic N) is 2. The van der Waals surface area contributed by atoms with Crippen molar-refractivity contribution in [2.75, 3.05) is 26.1 Å². The van der Waals surface area contributed by atoms with Crippen LogP contribution in [0.25, 0.3) is 0 Å². The molecule has 1 aromatic carbocycles. The van der Waals surface area contributed by atoms with Gasteiger partial charge in [0.1, 0.15) is 5.70 Å². The van der Waals surface area contributed by atoms with Gasteiger partial charge in [-0.1, -0.05) is 24.9 Å². The lowest BCUT2D eigenvalue weighted by Crippen LogP contribution is -2.39. The topological polar surface area (TPSA) is 62.2 Å². The van der Waals surface area contributed by atoms with Gasteiger partial charge >= 0.3 is 5.97 Å². The first kappa shape index (κ1) is 18.2. The van der Waals surface area contributed by atoms with Gasteiger partial charge in [-0.05, 0) is 24.3 Å². The largest absolute Gasteiger partial charge is 0.477 e. The van der Waals surface area contributed by atoms with E-state index in [0.29, 0.717) is 35.3 Å². The molecule has 1 aromatic rings. The summed E-state index contributed by atoms with van der Waals surface area (Å²) in [7, 11) is 0. The molecule has 0 atom stereocenters. The molecule has 1 N–H and O–H groups in total. The SMILES string of the molecule is CCCCN1CC(SC)=C(C(=O)O)N1Cc1cc2c(cc1Cl)OCO2. The van der Waals surface area contributed by atoms with Gasteiger partial charge in [0.15, 0.2) is 11.5 Å². The molecule has 25 heavy (non-hydrogen) atoms. The number of hydrogen-bond donors (Lipinski definition) is 1. The molecule has 0 saturated carbocycles. The third-order valence-corrected chi connectivity index (χ3v) is 5.44. The van der Waals surface area contributed by atoms with Gasteiger partial charge in [0.2, 0.25) is 6.79 Å². The number of rotatable bonds is 7. The van der Waals surface area contributed by atoms with E-state index >= 15 is 0 Å². The highest BCUT2D eigenvalue weighted by molar-refractivity contribution is 8.02. The Morgan fingerprint density at radius 3 is 2.72 bits per heavy atom. The van der Waals surface area contributed by atoms with E-state index < -0.39 is 5.97 Å². The van der Waals surface area contributed by atoms with Gasteiger partial charge in [0.05, 0.1) is 13.1 Å². The zero-order valence-electron chi connectivity index (χ0n) is 14.2. The summed E-state index contributed by atoms with van der Waals surface area (Å²) in [5.41, 5.74) is 1.14. The summed E-state index contributed by atoms with van der Waals surface area (Å²) in [6.07, 6.45) is 3.96. The highest BCUT2D eigenvalue weighted by atomic mass is 35.5. The summed E-state index contributed by atoms with van der Waals surface area (Å²) in [6, 6.07) is 3.56. The number of halogens is 1. The van der Waals surface area contributed by atoms with Crippen molar-refractivity contribution in [1.29, 1.82) is 0 Å². The lowest BCUT2D eigenvalue weighted by molar-refractivity contribution is -0.136. The summed E-state index contributed by atoms with van der Waals surface area (Å²) in [5.74, 6) is 0.349. The number of benzene rings is 1. The monoisotopic (exact) mass is 384 g/mol. The molecule has 0 aromatic heterocycles. The molecule has 3 rings (SSSR count). The van der Waals surface area contributed by atoms with Crippen LogP contribution < -0.4 is 9.47 Å². The molecule has 0 saturated heterocycles. The molecule has 0 spiro atoms. The maximum absolute atomic E-state index is 11.8. The molecule has 2 heterocycles. The van der Waals surface area contributed by atoms with Crippen molar-refractivity contribution in [1.82, 2.24) is 10.0 Å². The number of aliphatic carboxylic acids is 1. The molecule has 0 aliphatic carbocycles. The second kappa shape index (κ2) is 7.76. The summed E-state index contributed by atoms with van der Waals surface area (Å²) < 4.78 is 10.8. The van der Waals surface area contributed by atoms with Crippen LogP contribution in [-0.2, 0) is 11.3 Å². The van der Waals surface area contributed by atoms with E-state index in [2.05, 4.69) is 11.9 Å². The van der Waals surface area contributed by atoms with Gasteiger partial charge in [0.25, 0.3) is 0 Å². The van der Waals surface area contributed by atoms with Gasteiger partial charge in [-0.3, -0.25) is 5.01 Å². The molecule has 0 radical (unpaired) electrons. The molecule has 0 amide bonds. The zero-order valence-corrected chi connectivity index (χ0v) is 15.8. The summed E-state index contributed by atoms with van der Waals surface area (Å²) in [5, 5.41) is 14.2. The van der Waals surface area contributed by atoms with Gasteiger partial charge in [-0.15, -0.1) is 11.8 Å². The molecule has 6 nitrogen and oxygen atoms in total. The Labute approximate surface area is 156 Å². The number of hydrogen-bond acceptors (Lipinski definition) is 6. The molecule has 0 bridgehead atoms. The first-order valence-electron chi connectivity index (χ1n) is 8.16. The summed E-state index contributed by atoms with van der Waals surface area (Å²) >= 11 is 7.87. The molecule has 2 aliphatic rings. The number of carbonyl (C=O) groups is 1. The minimum absolute atomic E-state index is 0.179. The number of hydrazine groups is 1. The highest BCUT2D eigenvalue weighted by Gasteiger charge is 2.34. The van der Waals surface area contributed by atoms with E-state index in [1.165, 1.54) is 11.8 Å². The lowest BCUT2D eigenvalue weighted by atomic mass is 10.2. The van der Waals surface area contributed by atoms with Crippen LogP contribution in [0.15, 0.2) is 22.7 Å². The first-order chi connectivity index (χ1) is 12.0. The maximum atomic E-state index is 11.8. The van der Waals surface area contributed by atoms with E-state index in [1.54, 1.807) is 6.07 Å². The Balaban J connectivity index is 1.90. The molecule has 0 fully saturated rings. The standard InChI is InChI=1S/C17H21ClN2O4S/c1-3-4-5-19-9-15(25-2)16(17(21)22)20(19)8-11-6-13-14(7-12(11)18)24-10-23-13/h6-7H,3-5,8-10H2,1-2H3,(H,21,22). The fourth-order valence-corrected chi connectivity index (χ4v) is 3.84. The van der Waals surface area contributed by atoms with E-state index in [1.807, 2.05) is 17.3 Å². The minimum Gasteiger partial charge on any atom is -0.477 e. The summed E-state index contributed by atoms with van der Waals surface area (Å²) in [4.78, 5) is 12.7. The van der Waals surface area contributed by atoms with E-state index in [4.69, 9.17) is 21.1 Å². The quantitative estimate of drug-likeness (QED) is 0.771. The minimum atomic E-state index is -0.916. The van der Waals surface area contributed by atoms with Crippen LogP contribution in [0.1, 0.15) is 25.3 Å². The Hall–Kier alpha value is -1.57. The second-order valence-corrected chi connectivity index (χ2v) is 7.19. The van der Waals surface area contributed by atoms with Crippen molar-refractivity contribution in [3.63, 3.8) is 0 Å². The number of fused-ring (bicyclic) bond motifs is 1. The summed E-state index contributed by atoms with van der Waals surface area (Å²) in [6.45, 7) is 4.10. The van der Waals surface area contributed by atoms with Crippen molar-refractivity contribution >= 4 is 29.3 Å². The van der Waals surface area contributed by atoms with Gasteiger partial charge in [-0.25, -0.2) is 9.80 Å². The predicted octanol–water partition coefficient (Wildman–Crippen LogP) is 3.56. The molecule has 0 unspecified atom stereocenters. The third kappa shape index (κ3) is 3.68. The predicted molar refractivity (Wildman–Crippen MR) is 97.8 cm³/mol. The van der Waals surface area contributed by atoms with Crippen LogP contribution in [0.5, 0.6) is 11.5 Å². The number of unbranched alkanes of at least 4 members (excludes halogenated alkanes) is 1. The van der Waals surface area contributed by atoms with E-state index in [0.717, 1.165) is 29.9 Å². The van der Waals surface area contributed by atoms with Crippen LogP contribution in [0.2, 0.25) is 5.02 Å². The average molecular weight is 385 g/mol. The fraction of sp³-hybridized carbons (Fsp3) is 0.471. The second-order valence-electron chi connectivity index (χ2n) is 5.88. The molecule has 8 heteroatoms. The molecular formula is C17H21ClN2O4S. The van der Waals surface area contributed by atoms with Crippen molar-refractivity contribution in [2.45, 2.75) is 26.3 Å². The van der Waals surface area contributed by atoms with Crippen molar-refractivity contribution in [3.8, 4) is 11.5 Å². The fourth-order valence-electron chi connectivity index (χ4n) is 2.96. The first-order valence-corrected chi connectivity index (χ1v) is 9.76. The number of thioether (sulfide) groups is 1. The van der Waals surface area contributed by atoms with Gasteiger partial charge in [0, 0.05) is 22.5 Å². The molecule has 2 aliphatic heterocycles. The Morgan fingerprint density at radius 2 is 2.08 bits per heavy atom. The van der Waals surface area contributed by atoms with Crippen molar-refractivity contribution in [3.05, 3.63) is 33.3 Å². The van der Waals surface area contributed by atoms with Crippen LogP contribution in [0, 0.1) is 0 Å². The number of carboxylic acids is 1. The number of ether oxygens (including phenoxy) is 2. The Bertz CT molecular complexity index is 710. The third-order valence-electron chi connectivity index (χ3n) is 4.27. The molecule has 136 valence electrons. The van der Waals surface area contributed by atoms with Crippen molar-refractivity contribution < 1.29 is 19.4 Å². The van der Waals surface area contributed by atoms with Crippen LogP contribution in [0.3, 0.4) is 0 Å². The normalized spacial score (nSPS) is 16.8. The van der Waals surface area contributed by atoms with Crippen molar-refractivity contribution in [2.24, 2.45) is 0 Å². The van der Waals surface area contributed by atoms with Crippen LogP contribution >= 0.6 is 23.4 Å². The maximum Gasteiger partial charge on any atom is 0.354 e. The number of carboxylic acid groups (broad SMARTS) is 1. The van der Waals surface area contributed by atoms with Gasteiger partial charge < -0.3 is 14.6 Å². The van der Waals surface area contributed by atoms with E-state index in [-0.39, 0.29) is 6.79 Å². The lowest BCUT2D eigenvalue weighted by Gasteiger charge is -2.31. The Kier molecular flexibility index (Phi) is 5.66. The average Bonchev–Trinajstić information content (AvgIpc) is 3.17. The zero-order chi connectivity index (χ0) is 18.0. The van der Waals surface area contributed by atoms with E-state index in [9.17, 15) is 9.90 Å². The Morgan fingerprint density at radius 1 is 1.36 bits per heavy atom. The van der Waals surface area contributed by atoms with Gasteiger partial charge in [-0.2, -0.15) is 0 Å². The highest BCUT2D eigenvalue weighted by Crippen LogP contribution is 2.39. The molecular weight excluding hydrogens is 364 g/mol. The smallest absolute Gasteiger partial charge is 0.354 e. The van der Waals surface area contributed by atoms with Crippen LogP contribution in [0.4, 0.5) is 0 Å².